The second kappa shape index (κ2) is 7.20. The minimum Gasteiger partial charge on any atom is -0.309 e. The quantitative estimate of drug-likeness (QED) is 0.773. The summed E-state index contributed by atoms with van der Waals surface area (Å²) in [5.41, 5.74) is 0. The lowest BCUT2D eigenvalue weighted by Gasteiger charge is -2.27. The maximum Gasteiger partial charge on any atom is 0.0382 e. The molecule has 0 unspecified atom stereocenters. The van der Waals surface area contributed by atoms with Crippen LogP contribution in [-0.2, 0) is 0 Å². The summed E-state index contributed by atoms with van der Waals surface area (Å²) in [6.07, 6.45) is 0. The molecule has 1 aliphatic heterocycles. The highest BCUT2D eigenvalue weighted by molar-refractivity contribution is 4.93. The van der Waals surface area contributed by atoms with Gasteiger partial charge in [0.2, 0.25) is 0 Å². The van der Waals surface area contributed by atoms with Crippen LogP contribution in [0.5, 0.6) is 0 Å². The number of nitrogens with zero attached hydrogens (tertiary/aromatic N) is 2. The van der Waals surface area contributed by atoms with Crippen molar-refractivity contribution in [3.63, 3.8) is 0 Å². The summed E-state index contributed by atoms with van der Waals surface area (Å²) < 4.78 is 0. The number of nitrogens with one attached hydrogen (secondary N) is 1. The van der Waals surface area contributed by atoms with E-state index in [1.165, 1.54) is 13.1 Å². The van der Waals surface area contributed by atoms with Crippen molar-refractivity contribution in [2.45, 2.75) is 45.8 Å². The Balaban J connectivity index is 0. The topological polar surface area (TPSA) is 18.5 Å². The Hall–Kier alpha value is -0.120. The summed E-state index contributed by atoms with van der Waals surface area (Å²) in [4.78, 5) is 4.72. The summed E-state index contributed by atoms with van der Waals surface area (Å²) in [6, 6.07) is 1.87. The average molecular weight is 217 g/mol. The molecular formula is C12H31N3. The zero-order valence-corrected chi connectivity index (χ0v) is 11.5. The molecule has 0 aromatic carbocycles. The van der Waals surface area contributed by atoms with Crippen LogP contribution in [0.15, 0.2) is 0 Å². The molecule has 1 saturated heterocycles. The highest BCUT2D eigenvalue weighted by atomic mass is 15.3. The lowest BCUT2D eigenvalue weighted by atomic mass is 10.1. The van der Waals surface area contributed by atoms with Crippen molar-refractivity contribution in [2.75, 3.05) is 34.2 Å². The van der Waals surface area contributed by atoms with Crippen LogP contribution >= 0.6 is 0 Å². The van der Waals surface area contributed by atoms with Crippen molar-refractivity contribution in [1.29, 1.82) is 0 Å². The molecule has 1 N–H and O–H groups in total. The number of likely N-dealkylation sites (N-methyl/N-ethyl adjacent to an activating group) is 2. The van der Waals surface area contributed by atoms with Crippen LogP contribution in [0.2, 0.25) is 0 Å². The second-order valence-electron chi connectivity index (χ2n) is 4.68. The van der Waals surface area contributed by atoms with Gasteiger partial charge in [0.05, 0.1) is 0 Å². The van der Waals surface area contributed by atoms with E-state index < -0.39 is 0 Å². The van der Waals surface area contributed by atoms with Gasteiger partial charge in [-0.15, -0.1) is 0 Å². The molecule has 0 bridgehead atoms. The van der Waals surface area contributed by atoms with Gasteiger partial charge >= 0.3 is 0 Å². The SMILES string of the molecule is CC.CC(C)N[C@H]1CN(C)C[C@@H]1N(C)C.[HH]. The normalized spacial score (nSPS) is 27.0. The fourth-order valence-electron chi connectivity index (χ4n) is 2.09. The average Bonchev–Trinajstić information content (AvgIpc) is 2.49. The van der Waals surface area contributed by atoms with Gasteiger partial charge in [0.15, 0.2) is 0 Å². The molecule has 15 heavy (non-hydrogen) atoms. The summed E-state index contributed by atoms with van der Waals surface area (Å²) >= 11 is 0. The van der Waals surface area contributed by atoms with Crippen LogP contribution in [0.25, 0.3) is 0 Å². The second-order valence-corrected chi connectivity index (χ2v) is 4.68. The van der Waals surface area contributed by atoms with Crippen LogP contribution in [0.1, 0.15) is 29.1 Å². The van der Waals surface area contributed by atoms with Crippen molar-refractivity contribution in [3.05, 3.63) is 0 Å². The first-order valence-electron chi connectivity index (χ1n) is 6.11. The third-order valence-corrected chi connectivity index (χ3v) is 2.68. The van der Waals surface area contributed by atoms with E-state index in [1.807, 2.05) is 13.8 Å². The maximum absolute atomic E-state index is 3.62. The van der Waals surface area contributed by atoms with Gasteiger partial charge in [0, 0.05) is 32.6 Å². The first-order chi connectivity index (χ1) is 7.00. The number of hydrogen-bond donors (Lipinski definition) is 1. The molecule has 3 nitrogen and oxygen atoms in total. The molecule has 1 aliphatic rings. The standard InChI is InChI=1S/C10H23N3.C2H6.H2/c1-8(2)11-9-6-13(5)7-10(9)12(3)4;1-2;/h8-11H,6-7H2,1-5H3;1-2H3;1H/t9-,10-;;/m0../s1. The van der Waals surface area contributed by atoms with E-state index in [-0.39, 0.29) is 1.43 Å². The largest absolute Gasteiger partial charge is 0.309 e. The fraction of sp³-hybridized carbons (Fsp3) is 1.00. The molecule has 1 fully saturated rings. The van der Waals surface area contributed by atoms with Gasteiger partial charge in [-0.3, -0.25) is 0 Å². The molecule has 0 aromatic rings. The molecule has 0 aliphatic carbocycles. The summed E-state index contributed by atoms with van der Waals surface area (Å²) in [5.74, 6) is 0. The molecule has 0 aromatic heterocycles. The molecule has 0 saturated carbocycles. The van der Waals surface area contributed by atoms with E-state index >= 15 is 0 Å². The van der Waals surface area contributed by atoms with E-state index in [1.54, 1.807) is 0 Å². The highest BCUT2D eigenvalue weighted by Gasteiger charge is 2.32. The minimum atomic E-state index is 0. The van der Waals surface area contributed by atoms with Gasteiger partial charge in [-0.2, -0.15) is 0 Å². The third-order valence-electron chi connectivity index (χ3n) is 2.68. The van der Waals surface area contributed by atoms with Crippen LogP contribution in [0.4, 0.5) is 0 Å². The summed E-state index contributed by atoms with van der Waals surface area (Å²) in [5, 5.41) is 3.62. The molecule has 1 heterocycles. The Bertz CT molecular complexity index is 162. The van der Waals surface area contributed by atoms with Gasteiger partial charge in [0.25, 0.3) is 0 Å². The monoisotopic (exact) mass is 217 g/mol. The maximum atomic E-state index is 3.62. The van der Waals surface area contributed by atoms with Crippen molar-refractivity contribution >= 4 is 0 Å². The first kappa shape index (κ1) is 14.9. The molecule has 0 amide bonds. The van der Waals surface area contributed by atoms with E-state index in [0.29, 0.717) is 18.1 Å². The Morgan fingerprint density at radius 3 is 2.20 bits per heavy atom. The van der Waals surface area contributed by atoms with Crippen molar-refractivity contribution in [2.24, 2.45) is 0 Å². The van der Waals surface area contributed by atoms with Crippen molar-refractivity contribution < 1.29 is 1.43 Å². The highest BCUT2D eigenvalue weighted by Crippen LogP contribution is 2.12. The molecular weight excluding hydrogens is 186 g/mol. The Morgan fingerprint density at radius 2 is 1.80 bits per heavy atom. The smallest absolute Gasteiger partial charge is 0.0382 e. The fourth-order valence-corrected chi connectivity index (χ4v) is 2.09. The van der Waals surface area contributed by atoms with Crippen LogP contribution in [0.3, 0.4) is 0 Å². The number of rotatable bonds is 3. The van der Waals surface area contributed by atoms with Crippen molar-refractivity contribution in [3.8, 4) is 0 Å². The van der Waals surface area contributed by atoms with E-state index in [2.05, 4.69) is 50.1 Å². The lowest BCUT2D eigenvalue weighted by molar-refractivity contribution is 0.255. The molecule has 0 radical (unpaired) electrons. The van der Waals surface area contributed by atoms with Gasteiger partial charge in [-0.25, -0.2) is 0 Å². The number of hydrogen-bond acceptors (Lipinski definition) is 3. The van der Waals surface area contributed by atoms with Crippen LogP contribution in [0, 0.1) is 0 Å². The third kappa shape index (κ3) is 4.96. The Labute approximate surface area is 97.3 Å². The predicted octanol–water partition coefficient (Wildman–Crippen LogP) is 1.50. The Kier molecular flexibility index (Phi) is 7.14. The summed E-state index contributed by atoms with van der Waals surface area (Å²) in [7, 11) is 6.52. The van der Waals surface area contributed by atoms with Gasteiger partial charge in [0.1, 0.15) is 0 Å². The van der Waals surface area contributed by atoms with Gasteiger partial charge < -0.3 is 15.1 Å². The lowest BCUT2D eigenvalue weighted by Crippen LogP contribution is -2.48. The van der Waals surface area contributed by atoms with Crippen molar-refractivity contribution in [1.82, 2.24) is 15.1 Å². The van der Waals surface area contributed by atoms with E-state index in [4.69, 9.17) is 0 Å². The molecule has 0 spiro atoms. The molecule has 1 rings (SSSR count). The van der Waals surface area contributed by atoms with Gasteiger partial charge in [-0.05, 0) is 21.1 Å². The zero-order valence-electron chi connectivity index (χ0n) is 11.5. The molecule has 94 valence electrons. The Morgan fingerprint density at radius 1 is 1.27 bits per heavy atom. The first-order valence-corrected chi connectivity index (χ1v) is 6.11. The van der Waals surface area contributed by atoms with E-state index in [9.17, 15) is 0 Å². The van der Waals surface area contributed by atoms with Crippen LogP contribution in [-0.4, -0.2) is 62.2 Å². The molecule has 3 heteroatoms. The van der Waals surface area contributed by atoms with Gasteiger partial charge in [-0.1, -0.05) is 27.7 Å². The molecule has 2 atom stereocenters. The number of likely N-dealkylation sites (tertiary alicyclic amines) is 1. The minimum absolute atomic E-state index is 0. The summed E-state index contributed by atoms with van der Waals surface area (Å²) in [6.45, 7) is 10.8. The van der Waals surface area contributed by atoms with E-state index in [0.717, 1.165) is 0 Å². The zero-order chi connectivity index (χ0) is 12.0. The predicted molar refractivity (Wildman–Crippen MR) is 70.5 cm³/mol. The van der Waals surface area contributed by atoms with Crippen LogP contribution < -0.4 is 5.32 Å².